The van der Waals surface area contributed by atoms with Crippen LogP contribution >= 0.6 is 35.3 Å². The van der Waals surface area contributed by atoms with E-state index >= 15 is 0 Å². The van der Waals surface area contributed by atoms with Gasteiger partial charge in [0, 0.05) is 37.0 Å². The third-order valence-corrected chi connectivity index (χ3v) is 5.01. The molecule has 3 aromatic rings. The smallest absolute Gasteiger partial charge is 0.191 e. The molecular formula is C20H26IN5OS. The average molecular weight is 511 g/mol. The van der Waals surface area contributed by atoms with Crippen LogP contribution in [-0.4, -0.2) is 29.7 Å². The Balaban J connectivity index is 0.00000280. The minimum atomic E-state index is 0. The molecule has 0 bridgehead atoms. The number of aliphatic imine (C=N–C) groups is 1. The molecule has 3 rings (SSSR count). The number of nitrogens with one attached hydrogen (secondary N) is 2. The summed E-state index contributed by atoms with van der Waals surface area (Å²) in [7, 11) is 1.76. The summed E-state index contributed by atoms with van der Waals surface area (Å²) in [6, 6.07) is 12.2. The van der Waals surface area contributed by atoms with E-state index in [0.29, 0.717) is 12.5 Å². The van der Waals surface area contributed by atoms with Gasteiger partial charge in [0.25, 0.3) is 0 Å². The van der Waals surface area contributed by atoms with Gasteiger partial charge in [0.05, 0.1) is 17.9 Å². The first kappa shape index (κ1) is 22.4. The summed E-state index contributed by atoms with van der Waals surface area (Å²) >= 11 is 1.68. The van der Waals surface area contributed by atoms with E-state index < -0.39 is 0 Å². The van der Waals surface area contributed by atoms with Gasteiger partial charge >= 0.3 is 0 Å². The van der Waals surface area contributed by atoms with Gasteiger partial charge in [0.15, 0.2) is 11.7 Å². The van der Waals surface area contributed by atoms with E-state index in [2.05, 4.69) is 52.1 Å². The van der Waals surface area contributed by atoms with Gasteiger partial charge in [0.2, 0.25) is 0 Å². The molecule has 0 aliphatic heterocycles. The maximum absolute atomic E-state index is 5.34. The van der Waals surface area contributed by atoms with E-state index in [1.54, 1.807) is 18.4 Å². The molecule has 0 aliphatic carbocycles. The molecular weight excluding hydrogens is 485 g/mol. The fourth-order valence-corrected chi connectivity index (χ4v) is 3.38. The highest BCUT2D eigenvalue weighted by atomic mass is 127. The summed E-state index contributed by atoms with van der Waals surface area (Å²) in [5.74, 6) is 1.89. The van der Waals surface area contributed by atoms with Crippen molar-refractivity contribution < 1.29 is 4.52 Å². The highest BCUT2D eigenvalue weighted by molar-refractivity contribution is 14.0. The van der Waals surface area contributed by atoms with Crippen molar-refractivity contribution >= 4 is 41.3 Å². The number of benzene rings is 1. The Kier molecular flexibility index (Phi) is 8.91. The zero-order valence-electron chi connectivity index (χ0n) is 16.3. The predicted octanol–water partition coefficient (Wildman–Crippen LogP) is 4.45. The maximum atomic E-state index is 5.34. The largest absolute Gasteiger partial charge is 0.359 e. The molecule has 1 aromatic carbocycles. The minimum Gasteiger partial charge on any atom is -0.359 e. The second kappa shape index (κ2) is 11.2. The van der Waals surface area contributed by atoms with Crippen molar-refractivity contribution in [2.75, 3.05) is 13.6 Å². The zero-order valence-corrected chi connectivity index (χ0v) is 19.5. The number of rotatable bonds is 7. The Hall–Kier alpha value is -1.94. The lowest BCUT2D eigenvalue weighted by Gasteiger charge is -2.09. The Labute approximate surface area is 186 Å². The van der Waals surface area contributed by atoms with E-state index in [9.17, 15) is 0 Å². The number of halogens is 1. The first-order chi connectivity index (χ1) is 13.2. The summed E-state index contributed by atoms with van der Waals surface area (Å²) in [4.78, 5) is 8.95. The molecule has 2 aromatic heterocycles. The van der Waals surface area contributed by atoms with Crippen LogP contribution in [0, 0.1) is 0 Å². The highest BCUT2D eigenvalue weighted by Crippen LogP contribution is 2.23. The molecule has 150 valence electrons. The van der Waals surface area contributed by atoms with E-state index in [4.69, 9.17) is 9.51 Å². The molecule has 2 heterocycles. The molecule has 6 nitrogen and oxygen atoms in total. The number of aromatic nitrogens is 2. The number of nitrogens with zero attached hydrogens (tertiary/aromatic N) is 3. The molecule has 0 radical (unpaired) electrons. The monoisotopic (exact) mass is 511 g/mol. The molecule has 0 fully saturated rings. The third kappa shape index (κ3) is 6.30. The van der Waals surface area contributed by atoms with E-state index in [1.807, 2.05) is 24.3 Å². The van der Waals surface area contributed by atoms with Crippen LogP contribution in [0.1, 0.15) is 36.9 Å². The molecule has 8 heteroatoms. The van der Waals surface area contributed by atoms with Gasteiger partial charge in [0.1, 0.15) is 5.01 Å². The third-order valence-electron chi connectivity index (χ3n) is 4.07. The van der Waals surface area contributed by atoms with E-state index in [0.717, 1.165) is 46.6 Å². The van der Waals surface area contributed by atoms with Gasteiger partial charge in [-0.05, 0) is 5.92 Å². The first-order valence-electron chi connectivity index (χ1n) is 9.05. The minimum absolute atomic E-state index is 0. The zero-order chi connectivity index (χ0) is 19.1. The first-order valence-corrected chi connectivity index (χ1v) is 9.93. The molecule has 0 unspecified atom stereocenters. The molecule has 0 spiro atoms. The van der Waals surface area contributed by atoms with Crippen LogP contribution in [0.3, 0.4) is 0 Å². The predicted molar refractivity (Wildman–Crippen MR) is 125 cm³/mol. The van der Waals surface area contributed by atoms with Gasteiger partial charge in [-0.3, -0.25) is 4.99 Å². The quantitative estimate of drug-likeness (QED) is 0.279. The highest BCUT2D eigenvalue weighted by Gasteiger charge is 2.08. The van der Waals surface area contributed by atoms with Gasteiger partial charge in [-0.15, -0.1) is 35.3 Å². The number of hydrogen-bond donors (Lipinski definition) is 2. The summed E-state index contributed by atoms with van der Waals surface area (Å²) in [6.07, 6.45) is 0.837. The fourth-order valence-electron chi connectivity index (χ4n) is 2.52. The lowest BCUT2D eigenvalue weighted by atomic mass is 10.1. The van der Waals surface area contributed by atoms with Gasteiger partial charge in [-0.1, -0.05) is 49.3 Å². The molecule has 0 atom stereocenters. The van der Waals surface area contributed by atoms with Crippen molar-refractivity contribution in [2.45, 2.75) is 32.7 Å². The van der Waals surface area contributed by atoms with Crippen molar-refractivity contribution in [3.63, 3.8) is 0 Å². The van der Waals surface area contributed by atoms with Gasteiger partial charge in [-0.25, -0.2) is 4.98 Å². The van der Waals surface area contributed by atoms with Crippen LogP contribution in [0.5, 0.6) is 0 Å². The van der Waals surface area contributed by atoms with Gasteiger partial charge in [-0.2, -0.15) is 0 Å². The summed E-state index contributed by atoms with van der Waals surface area (Å²) in [5.41, 5.74) is 3.21. The number of thiazole rings is 1. The SMILES string of the molecule is CN=C(NCCc1csc(-c2ccccc2)n1)NCc1cc(C(C)C)no1.I. The Bertz CT molecular complexity index is 876. The Morgan fingerprint density at radius 1 is 1.21 bits per heavy atom. The van der Waals surface area contributed by atoms with Crippen molar-refractivity contribution in [2.24, 2.45) is 4.99 Å². The lowest BCUT2D eigenvalue weighted by molar-refractivity contribution is 0.372. The number of hydrogen-bond acceptors (Lipinski definition) is 5. The Morgan fingerprint density at radius 2 is 2.00 bits per heavy atom. The fraction of sp³-hybridized carbons (Fsp3) is 0.350. The standard InChI is InChI=1S/C20H25N5OS.HI/c1-14(2)18-11-17(26-25-18)12-23-20(21-3)22-10-9-16-13-27-19(24-16)15-7-5-4-6-8-15;/h4-8,11,13-14H,9-10,12H2,1-3H3,(H2,21,22,23);1H. The molecule has 0 saturated heterocycles. The summed E-state index contributed by atoms with van der Waals surface area (Å²) in [5, 5.41) is 13.8. The Morgan fingerprint density at radius 3 is 2.68 bits per heavy atom. The number of guanidine groups is 1. The molecule has 2 N–H and O–H groups in total. The van der Waals surface area contributed by atoms with Crippen molar-refractivity contribution in [1.82, 2.24) is 20.8 Å². The second-order valence-electron chi connectivity index (χ2n) is 6.49. The van der Waals surface area contributed by atoms with Crippen molar-refractivity contribution in [3.8, 4) is 10.6 Å². The van der Waals surface area contributed by atoms with Gasteiger partial charge < -0.3 is 15.2 Å². The van der Waals surface area contributed by atoms with Crippen LogP contribution in [-0.2, 0) is 13.0 Å². The van der Waals surface area contributed by atoms with Crippen molar-refractivity contribution in [3.05, 3.63) is 58.9 Å². The van der Waals surface area contributed by atoms with Crippen LogP contribution in [0.15, 0.2) is 51.3 Å². The van der Waals surface area contributed by atoms with Crippen LogP contribution in [0.25, 0.3) is 10.6 Å². The van der Waals surface area contributed by atoms with Crippen LogP contribution in [0.2, 0.25) is 0 Å². The summed E-state index contributed by atoms with van der Waals surface area (Å²) < 4.78 is 5.34. The maximum Gasteiger partial charge on any atom is 0.191 e. The average Bonchev–Trinajstić information content (AvgIpc) is 3.35. The molecule has 0 aliphatic rings. The second-order valence-corrected chi connectivity index (χ2v) is 7.34. The normalized spacial score (nSPS) is 11.4. The topological polar surface area (TPSA) is 75.3 Å². The van der Waals surface area contributed by atoms with Crippen molar-refractivity contribution in [1.29, 1.82) is 0 Å². The lowest BCUT2D eigenvalue weighted by Crippen LogP contribution is -2.37. The molecule has 0 amide bonds. The summed E-state index contributed by atoms with van der Waals surface area (Å²) in [6.45, 7) is 5.49. The van der Waals surface area contributed by atoms with E-state index in [1.165, 1.54) is 0 Å². The van der Waals surface area contributed by atoms with E-state index in [-0.39, 0.29) is 24.0 Å². The molecule has 0 saturated carbocycles. The van der Waals surface area contributed by atoms with Crippen LogP contribution in [0.4, 0.5) is 0 Å². The molecule has 28 heavy (non-hydrogen) atoms. The van der Waals surface area contributed by atoms with Crippen LogP contribution < -0.4 is 10.6 Å².